The number of hydrogen-bond donors (Lipinski definition) is 9. The summed E-state index contributed by atoms with van der Waals surface area (Å²) in [5.41, 5.74) is 0. The lowest BCUT2D eigenvalue weighted by molar-refractivity contribution is -0.359. The quantitative estimate of drug-likeness (QED) is 0.0204. The number of carbonyl (C=O) groups is 1. The van der Waals surface area contributed by atoms with Crippen molar-refractivity contribution < 1.29 is 64.6 Å². The summed E-state index contributed by atoms with van der Waals surface area (Å²) in [6, 6.07) is -0.920. The first kappa shape index (κ1) is 84.8. The molecule has 12 unspecified atom stereocenters. The molecule has 2 heterocycles. The predicted octanol–water partition coefficient (Wildman–Crippen LogP) is 16.4. The molecule has 0 bridgehead atoms. The lowest BCUT2D eigenvalue weighted by atomic mass is 9.97. The number of ether oxygens (including phenoxy) is 4. The summed E-state index contributed by atoms with van der Waals surface area (Å²) >= 11 is 0. The van der Waals surface area contributed by atoms with Gasteiger partial charge in [0.1, 0.15) is 48.8 Å². The van der Waals surface area contributed by atoms with Gasteiger partial charge in [0.2, 0.25) is 5.91 Å². The van der Waals surface area contributed by atoms with E-state index in [1.165, 1.54) is 231 Å². The van der Waals surface area contributed by atoms with Gasteiger partial charge in [-0.3, -0.25) is 4.79 Å². The molecule has 12 atom stereocenters. The predicted molar refractivity (Wildman–Crippen MR) is 374 cm³/mol. The molecule has 14 nitrogen and oxygen atoms in total. The molecule has 0 radical (unpaired) electrons. The number of unbranched alkanes of at least 4 members (excludes halogenated alkanes) is 42. The van der Waals surface area contributed by atoms with Crippen molar-refractivity contribution in [3.63, 3.8) is 0 Å². The van der Waals surface area contributed by atoms with Crippen LogP contribution in [0.3, 0.4) is 0 Å². The number of carbonyl (C=O) groups excluding carboxylic acids is 1. The maximum absolute atomic E-state index is 13.4. The molecule has 2 saturated heterocycles. The molecular weight excluding hydrogens is 1150 g/mol. The molecule has 9 N–H and O–H groups in total. The van der Waals surface area contributed by atoms with E-state index in [-0.39, 0.29) is 18.9 Å². The summed E-state index contributed by atoms with van der Waals surface area (Å²) < 4.78 is 22.9. The van der Waals surface area contributed by atoms with Crippen molar-refractivity contribution in [2.75, 3.05) is 19.8 Å². The number of hydrogen-bond acceptors (Lipinski definition) is 13. The van der Waals surface area contributed by atoms with E-state index in [0.29, 0.717) is 6.42 Å². The molecule has 2 aliphatic rings. The lowest BCUT2D eigenvalue weighted by Crippen LogP contribution is -2.65. The van der Waals surface area contributed by atoms with E-state index in [9.17, 15) is 45.6 Å². The minimum atomic E-state index is -1.79. The van der Waals surface area contributed by atoms with Crippen LogP contribution in [0, 0.1) is 0 Å². The van der Waals surface area contributed by atoms with Gasteiger partial charge in [0.15, 0.2) is 12.6 Å². The molecule has 2 rings (SSSR count). The van der Waals surface area contributed by atoms with Crippen LogP contribution in [0.25, 0.3) is 0 Å². The largest absolute Gasteiger partial charge is 0.394 e. The summed E-state index contributed by atoms with van der Waals surface area (Å²) in [6.45, 7) is 2.73. The van der Waals surface area contributed by atoms with Crippen LogP contribution in [0.2, 0.25) is 0 Å². The average Bonchev–Trinajstić information content (AvgIpc) is 1.15. The first-order chi connectivity index (χ1) is 44.6. The van der Waals surface area contributed by atoms with Crippen molar-refractivity contribution in [1.82, 2.24) is 5.32 Å². The fraction of sp³-hybridized carbons (Fsp3) is 0.857. The van der Waals surface area contributed by atoms with Crippen LogP contribution in [0.4, 0.5) is 0 Å². The number of amides is 1. The topological polar surface area (TPSA) is 228 Å². The van der Waals surface area contributed by atoms with Gasteiger partial charge in [-0.05, 0) is 57.8 Å². The van der Waals surface area contributed by atoms with Crippen molar-refractivity contribution in [3.05, 3.63) is 60.8 Å². The van der Waals surface area contributed by atoms with Crippen molar-refractivity contribution in [2.24, 2.45) is 0 Å². The Bertz CT molecular complexity index is 1760. The van der Waals surface area contributed by atoms with E-state index in [1.807, 2.05) is 6.08 Å². The second kappa shape index (κ2) is 61.3. The minimum absolute atomic E-state index is 0.239. The number of allylic oxidation sites excluding steroid dienone is 9. The standard InChI is InChI=1S/C77H141NO13/c1-3-5-7-9-11-13-15-17-19-21-23-25-27-29-30-31-32-33-34-35-37-38-40-42-44-46-48-50-52-54-56-58-60-66(81)65(64-88-76-74(87)72(85)75(68(63-80)90-76)91-77-73(86)71(84)70(83)67(62-79)89-77)78-69(82)61-59-57-55-53-51-49-47-45-43-41-39-36-28-26-24-22-20-18-16-14-12-10-8-6-4-2/h6,8,12,14,18,20,24,26,58,60,65-68,70-77,79-81,83-87H,3-5,7,9-11,13,15-17,19,21-23,25,27-57,59,61-64H2,1-2H3,(H,78,82)/b8-6-,14-12-,20-18-,26-24-,60-58+. The van der Waals surface area contributed by atoms with Crippen LogP contribution in [0.15, 0.2) is 60.8 Å². The number of aliphatic hydroxyl groups excluding tert-OH is 8. The molecule has 0 spiro atoms. The van der Waals surface area contributed by atoms with Crippen molar-refractivity contribution >= 4 is 5.91 Å². The maximum atomic E-state index is 13.4. The Morgan fingerprint density at radius 2 is 0.758 bits per heavy atom. The normalized spacial score (nSPS) is 23.1. The second-order valence-electron chi connectivity index (χ2n) is 26.8. The zero-order chi connectivity index (χ0) is 65.9. The third-order valence-corrected chi connectivity index (χ3v) is 18.5. The average molecular weight is 1290 g/mol. The SMILES string of the molecule is CC/C=C\C/C=C\C/C=C\C/C=C\CCCCCCCCCCCCCCC(=O)NC(COC1OC(CO)C(OC2OC(CO)C(O)C(O)C2O)C(O)C1O)C(O)/C=C/CCCCCCCCCCCCCCCCCCCCCCCCCCCCCCCC. The third-order valence-electron chi connectivity index (χ3n) is 18.5. The molecule has 14 heteroatoms. The van der Waals surface area contributed by atoms with Gasteiger partial charge in [-0.15, -0.1) is 0 Å². The van der Waals surface area contributed by atoms with E-state index in [4.69, 9.17) is 18.9 Å². The van der Waals surface area contributed by atoms with Crippen LogP contribution < -0.4 is 5.32 Å². The second-order valence-corrected chi connectivity index (χ2v) is 26.8. The van der Waals surface area contributed by atoms with Gasteiger partial charge in [0.05, 0.1) is 32.0 Å². The highest BCUT2D eigenvalue weighted by Crippen LogP contribution is 2.30. The molecule has 91 heavy (non-hydrogen) atoms. The van der Waals surface area contributed by atoms with Gasteiger partial charge in [-0.1, -0.05) is 325 Å². The van der Waals surface area contributed by atoms with Gasteiger partial charge in [-0.25, -0.2) is 0 Å². The van der Waals surface area contributed by atoms with Crippen molar-refractivity contribution in [1.29, 1.82) is 0 Å². The number of rotatable bonds is 63. The van der Waals surface area contributed by atoms with E-state index in [2.05, 4.69) is 67.8 Å². The zero-order valence-electron chi connectivity index (χ0n) is 58.1. The van der Waals surface area contributed by atoms with Crippen LogP contribution in [0.5, 0.6) is 0 Å². The summed E-state index contributed by atoms with van der Waals surface area (Å²) in [7, 11) is 0. The molecule has 1 amide bonds. The van der Waals surface area contributed by atoms with Gasteiger partial charge in [-0.2, -0.15) is 0 Å². The smallest absolute Gasteiger partial charge is 0.220 e. The highest BCUT2D eigenvalue weighted by atomic mass is 16.7. The Morgan fingerprint density at radius 3 is 1.16 bits per heavy atom. The molecule has 2 fully saturated rings. The molecule has 532 valence electrons. The van der Waals surface area contributed by atoms with Gasteiger partial charge < -0.3 is 65.1 Å². The number of aliphatic hydroxyl groups is 8. The van der Waals surface area contributed by atoms with Gasteiger partial charge >= 0.3 is 0 Å². The summed E-state index contributed by atoms with van der Waals surface area (Å²) in [6.07, 6.45) is 65.7. The highest BCUT2D eigenvalue weighted by molar-refractivity contribution is 5.76. The highest BCUT2D eigenvalue weighted by Gasteiger charge is 2.51. The van der Waals surface area contributed by atoms with Crippen LogP contribution in [0.1, 0.15) is 328 Å². The molecule has 0 aliphatic carbocycles. The Morgan fingerprint density at radius 1 is 0.407 bits per heavy atom. The van der Waals surface area contributed by atoms with E-state index in [0.717, 1.165) is 70.6 Å². The first-order valence-electron chi connectivity index (χ1n) is 38.0. The Hall–Kier alpha value is -2.31. The lowest BCUT2D eigenvalue weighted by Gasteiger charge is -2.46. The monoisotopic (exact) mass is 1290 g/mol. The fourth-order valence-electron chi connectivity index (χ4n) is 12.5. The third kappa shape index (κ3) is 44.9. The van der Waals surface area contributed by atoms with E-state index >= 15 is 0 Å². The summed E-state index contributed by atoms with van der Waals surface area (Å²) in [4.78, 5) is 13.4. The number of nitrogens with one attached hydrogen (secondary N) is 1. The van der Waals surface area contributed by atoms with E-state index < -0.39 is 86.8 Å². The summed E-state index contributed by atoms with van der Waals surface area (Å²) in [5, 5.41) is 87.6. The van der Waals surface area contributed by atoms with E-state index in [1.54, 1.807) is 6.08 Å². The first-order valence-corrected chi connectivity index (χ1v) is 38.0. The molecular formula is C77H141NO13. The minimum Gasteiger partial charge on any atom is -0.394 e. The van der Waals surface area contributed by atoms with Crippen LogP contribution in [-0.4, -0.2) is 140 Å². The van der Waals surface area contributed by atoms with Crippen molar-refractivity contribution in [3.8, 4) is 0 Å². The van der Waals surface area contributed by atoms with Crippen LogP contribution in [-0.2, 0) is 23.7 Å². The summed E-state index contributed by atoms with van der Waals surface area (Å²) in [5.74, 6) is -0.239. The molecule has 0 aromatic rings. The molecule has 0 aromatic carbocycles. The zero-order valence-corrected chi connectivity index (χ0v) is 58.1. The maximum Gasteiger partial charge on any atom is 0.220 e. The Labute approximate surface area is 556 Å². The fourth-order valence-corrected chi connectivity index (χ4v) is 12.5. The molecule has 0 aromatic heterocycles. The van der Waals surface area contributed by atoms with Crippen LogP contribution >= 0.6 is 0 Å². The van der Waals surface area contributed by atoms with Gasteiger partial charge in [0, 0.05) is 6.42 Å². The molecule has 2 aliphatic heterocycles. The Balaban J connectivity index is 1.64. The Kier molecular flexibility index (Phi) is 57.1. The van der Waals surface area contributed by atoms with Gasteiger partial charge in [0.25, 0.3) is 0 Å². The van der Waals surface area contributed by atoms with Crippen molar-refractivity contribution in [2.45, 2.75) is 402 Å². The molecule has 0 saturated carbocycles.